The third-order valence-electron chi connectivity index (χ3n) is 1.91. The van der Waals surface area contributed by atoms with Gasteiger partial charge in [-0.3, -0.25) is 9.29 Å². The summed E-state index contributed by atoms with van der Waals surface area (Å²) in [5, 5.41) is 0. The Morgan fingerprint density at radius 2 is 2.42 bits per heavy atom. The summed E-state index contributed by atoms with van der Waals surface area (Å²) in [6, 6.07) is 0. The van der Waals surface area contributed by atoms with Crippen molar-refractivity contribution in [3.05, 3.63) is 0 Å². The van der Waals surface area contributed by atoms with Crippen LogP contribution in [0.15, 0.2) is 0 Å². The fourth-order valence-electron chi connectivity index (χ4n) is 1.32. The average Bonchev–Trinajstić information content (AvgIpc) is 2.26. The zero-order valence-electron chi connectivity index (χ0n) is 7.14. The molecule has 1 saturated heterocycles. The maximum Gasteiger partial charge on any atom is 0.0906 e. The summed E-state index contributed by atoms with van der Waals surface area (Å²) in [4.78, 5) is 2.64. The van der Waals surface area contributed by atoms with Gasteiger partial charge in [-0.1, -0.05) is 15.9 Å². The zero-order valence-corrected chi connectivity index (χ0v) is 8.72. The van der Waals surface area contributed by atoms with Crippen molar-refractivity contribution in [2.45, 2.75) is 11.2 Å². The van der Waals surface area contributed by atoms with Gasteiger partial charge in [0.2, 0.25) is 0 Å². The van der Waals surface area contributed by atoms with Gasteiger partial charge in [0, 0.05) is 19.6 Å². The normalized spacial score (nSPS) is 27.0. The smallest absolute Gasteiger partial charge is 0.0906 e. The van der Waals surface area contributed by atoms with Gasteiger partial charge in [-0.15, -0.1) is 0 Å². The highest BCUT2D eigenvalue weighted by Gasteiger charge is 2.15. The molecule has 1 atom stereocenters. The molecule has 0 radical (unpaired) electrons. The summed E-state index contributed by atoms with van der Waals surface area (Å²) in [6.45, 7) is 4.08. The van der Waals surface area contributed by atoms with Crippen LogP contribution in [0.3, 0.4) is 0 Å². The van der Waals surface area contributed by atoms with E-state index in [-0.39, 0.29) is 6.67 Å². The Kier molecular flexibility index (Phi) is 5.11. The molecule has 1 heterocycles. The summed E-state index contributed by atoms with van der Waals surface area (Å²) in [5.41, 5.74) is 0. The topological polar surface area (TPSA) is 12.5 Å². The molecule has 12 heavy (non-hydrogen) atoms. The first-order valence-electron chi connectivity index (χ1n) is 4.33. The van der Waals surface area contributed by atoms with E-state index >= 15 is 0 Å². The van der Waals surface area contributed by atoms with E-state index in [0.29, 0.717) is 11.2 Å². The minimum atomic E-state index is -0.218. The lowest BCUT2D eigenvalue weighted by Gasteiger charge is -2.19. The highest BCUT2D eigenvalue weighted by Crippen LogP contribution is 2.08. The molecule has 2 nitrogen and oxygen atoms in total. The molecule has 0 amide bonds. The van der Waals surface area contributed by atoms with Crippen LogP contribution in [0.2, 0.25) is 0 Å². The fraction of sp³-hybridized carbons (Fsp3) is 1.00. The van der Waals surface area contributed by atoms with Crippen LogP contribution in [0.5, 0.6) is 0 Å². The standard InChI is InChI=1S/C8H15BrFNO/c9-8-6-11(3-1-2-10)4-5-12-7-8/h8H,1-7H2. The lowest BCUT2D eigenvalue weighted by molar-refractivity contribution is 0.142. The van der Waals surface area contributed by atoms with Gasteiger partial charge in [0.1, 0.15) is 0 Å². The maximum absolute atomic E-state index is 11.9. The first kappa shape index (κ1) is 10.4. The number of hydrogen-bond donors (Lipinski definition) is 0. The van der Waals surface area contributed by atoms with Gasteiger partial charge < -0.3 is 4.74 Å². The molecular weight excluding hydrogens is 225 g/mol. The van der Waals surface area contributed by atoms with E-state index < -0.39 is 0 Å². The summed E-state index contributed by atoms with van der Waals surface area (Å²) in [5.74, 6) is 0. The van der Waals surface area contributed by atoms with Crippen LogP contribution < -0.4 is 0 Å². The molecule has 1 unspecified atom stereocenters. The molecule has 0 saturated carbocycles. The van der Waals surface area contributed by atoms with E-state index in [9.17, 15) is 4.39 Å². The largest absolute Gasteiger partial charge is 0.379 e. The minimum Gasteiger partial charge on any atom is -0.379 e. The molecule has 0 spiro atoms. The number of halogens is 2. The molecule has 0 N–H and O–H groups in total. The Balaban J connectivity index is 2.21. The van der Waals surface area contributed by atoms with Crippen molar-refractivity contribution < 1.29 is 9.13 Å². The molecule has 0 bridgehead atoms. The van der Waals surface area contributed by atoms with Crippen molar-refractivity contribution in [2.24, 2.45) is 0 Å². The Morgan fingerprint density at radius 3 is 3.17 bits per heavy atom. The first-order valence-corrected chi connectivity index (χ1v) is 5.24. The van der Waals surface area contributed by atoms with E-state index in [1.165, 1.54) is 0 Å². The Labute approximate surface area is 81.2 Å². The predicted octanol–water partition coefficient (Wildman–Crippen LogP) is 1.44. The third-order valence-corrected chi connectivity index (χ3v) is 2.47. The third kappa shape index (κ3) is 3.83. The van der Waals surface area contributed by atoms with Gasteiger partial charge in [-0.05, 0) is 6.42 Å². The second kappa shape index (κ2) is 5.89. The number of hydrogen-bond acceptors (Lipinski definition) is 2. The lowest BCUT2D eigenvalue weighted by Crippen LogP contribution is -2.31. The molecule has 72 valence electrons. The molecule has 0 aromatic rings. The molecule has 1 rings (SSSR count). The summed E-state index contributed by atoms with van der Waals surface area (Å²) >= 11 is 3.51. The first-order chi connectivity index (χ1) is 5.83. The van der Waals surface area contributed by atoms with Gasteiger partial charge in [0.15, 0.2) is 0 Å². The maximum atomic E-state index is 11.9. The van der Waals surface area contributed by atoms with Crippen molar-refractivity contribution in [1.29, 1.82) is 0 Å². The number of alkyl halides is 2. The molecule has 1 aliphatic heterocycles. The molecule has 1 aliphatic rings. The predicted molar refractivity (Wildman–Crippen MR) is 50.6 cm³/mol. The Bertz CT molecular complexity index is 126. The molecular formula is C8H15BrFNO. The summed E-state index contributed by atoms with van der Waals surface area (Å²) in [7, 11) is 0. The quantitative estimate of drug-likeness (QED) is 0.692. The molecule has 4 heteroatoms. The van der Waals surface area contributed by atoms with Crippen molar-refractivity contribution in [3.63, 3.8) is 0 Å². The highest BCUT2D eigenvalue weighted by atomic mass is 79.9. The molecule has 1 fully saturated rings. The van der Waals surface area contributed by atoms with Crippen molar-refractivity contribution >= 4 is 15.9 Å². The average molecular weight is 240 g/mol. The molecule has 0 aromatic heterocycles. The van der Waals surface area contributed by atoms with Gasteiger partial charge in [-0.25, -0.2) is 0 Å². The van der Waals surface area contributed by atoms with E-state index in [2.05, 4.69) is 20.8 Å². The van der Waals surface area contributed by atoms with Gasteiger partial charge >= 0.3 is 0 Å². The van der Waals surface area contributed by atoms with Crippen molar-refractivity contribution in [2.75, 3.05) is 39.5 Å². The van der Waals surface area contributed by atoms with Crippen LogP contribution >= 0.6 is 15.9 Å². The van der Waals surface area contributed by atoms with Gasteiger partial charge in [0.05, 0.1) is 24.7 Å². The lowest BCUT2D eigenvalue weighted by atomic mass is 10.3. The number of nitrogens with zero attached hydrogens (tertiary/aromatic N) is 1. The summed E-state index contributed by atoms with van der Waals surface area (Å²) in [6.07, 6.45) is 0.639. The van der Waals surface area contributed by atoms with Crippen LogP contribution in [0, 0.1) is 0 Å². The van der Waals surface area contributed by atoms with Crippen LogP contribution in [0.1, 0.15) is 6.42 Å². The SMILES string of the molecule is FCCCN1CCOCC(Br)C1. The van der Waals surface area contributed by atoms with Crippen LogP contribution in [0.25, 0.3) is 0 Å². The van der Waals surface area contributed by atoms with Crippen molar-refractivity contribution in [1.82, 2.24) is 4.90 Å². The zero-order chi connectivity index (χ0) is 8.81. The van der Waals surface area contributed by atoms with E-state index in [0.717, 1.165) is 32.8 Å². The number of rotatable bonds is 3. The second-order valence-electron chi connectivity index (χ2n) is 3.02. The fourth-order valence-corrected chi connectivity index (χ4v) is 1.91. The van der Waals surface area contributed by atoms with Crippen LogP contribution in [0.4, 0.5) is 4.39 Å². The summed E-state index contributed by atoms with van der Waals surface area (Å²) < 4.78 is 17.2. The molecule has 0 aromatic carbocycles. The minimum absolute atomic E-state index is 0.218. The monoisotopic (exact) mass is 239 g/mol. The second-order valence-corrected chi connectivity index (χ2v) is 4.31. The molecule has 0 aliphatic carbocycles. The van der Waals surface area contributed by atoms with E-state index in [1.54, 1.807) is 0 Å². The van der Waals surface area contributed by atoms with E-state index in [4.69, 9.17) is 4.74 Å². The Morgan fingerprint density at radius 1 is 1.58 bits per heavy atom. The van der Waals surface area contributed by atoms with Gasteiger partial charge in [-0.2, -0.15) is 0 Å². The highest BCUT2D eigenvalue weighted by molar-refractivity contribution is 9.09. The Hall–Kier alpha value is 0.330. The van der Waals surface area contributed by atoms with Crippen LogP contribution in [-0.2, 0) is 4.74 Å². The van der Waals surface area contributed by atoms with Crippen LogP contribution in [-0.4, -0.2) is 49.2 Å². The van der Waals surface area contributed by atoms with E-state index in [1.807, 2.05) is 0 Å². The van der Waals surface area contributed by atoms with Gasteiger partial charge in [0.25, 0.3) is 0 Å². The number of ether oxygens (including phenoxy) is 1. The van der Waals surface area contributed by atoms with Crippen molar-refractivity contribution in [3.8, 4) is 0 Å².